The molecule has 0 unspecified atom stereocenters. The highest BCUT2D eigenvalue weighted by Crippen LogP contribution is 2.33. The van der Waals surface area contributed by atoms with Gasteiger partial charge in [-0.1, -0.05) is 5.16 Å². The van der Waals surface area contributed by atoms with Crippen molar-refractivity contribution in [2.45, 2.75) is 6.92 Å². The highest BCUT2D eigenvalue weighted by molar-refractivity contribution is 5.76. The van der Waals surface area contributed by atoms with Crippen LogP contribution >= 0.6 is 0 Å². The highest BCUT2D eigenvalue weighted by Gasteiger charge is 2.14. The first-order valence-corrected chi connectivity index (χ1v) is 4.68. The molecule has 1 aromatic heterocycles. The van der Waals surface area contributed by atoms with Crippen LogP contribution in [0.3, 0.4) is 0 Å². The van der Waals surface area contributed by atoms with Crippen molar-refractivity contribution in [1.82, 2.24) is 5.16 Å². The Morgan fingerprint density at radius 2 is 2.12 bits per heavy atom. The van der Waals surface area contributed by atoms with Crippen LogP contribution in [0.1, 0.15) is 5.56 Å². The van der Waals surface area contributed by atoms with Crippen LogP contribution in [0.2, 0.25) is 0 Å². The summed E-state index contributed by atoms with van der Waals surface area (Å²) in [5.74, 6) is 0.240. The van der Waals surface area contributed by atoms with E-state index in [-0.39, 0.29) is 5.88 Å². The predicted molar refractivity (Wildman–Crippen MR) is 57.6 cm³/mol. The second kappa shape index (κ2) is 3.84. The zero-order chi connectivity index (χ0) is 11.7. The number of aromatic nitrogens is 1. The van der Waals surface area contributed by atoms with Gasteiger partial charge in [0.1, 0.15) is 11.6 Å². The van der Waals surface area contributed by atoms with Gasteiger partial charge in [0.05, 0.1) is 18.9 Å². The molecule has 0 saturated carbocycles. The van der Waals surface area contributed by atoms with Crippen molar-refractivity contribution in [2.24, 2.45) is 0 Å². The van der Waals surface area contributed by atoms with Crippen LogP contribution in [-0.2, 0) is 0 Å². The van der Waals surface area contributed by atoms with E-state index in [2.05, 4.69) is 5.16 Å². The van der Waals surface area contributed by atoms with E-state index in [1.807, 2.05) is 6.92 Å². The van der Waals surface area contributed by atoms with Crippen LogP contribution in [0, 0.1) is 12.7 Å². The number of hydrogen-bond acceptors (Lipinski definition) is 4. The van der Waals surface area contributed by atoms with Crippen LogP contribution in [0.15, 0.2) is 22.9 Å². The molecule has 0 aliphatic heterocycles. The molecule has 0 aliphatic carbocycles. The number of halogens is 1. The molecule has 4 nitrogen and oxygen atoms in total. The molecule has 0 amide bonds. The van der Waals surface area contributed by atoms with Crippen molar-refractivity contribution in [3.8, 4) is 16.9 Å². The Morgan fingerprint density at radius 1 is 1.38 bits per heavy atom. The Balaban J connectivity index is 2.65. The minimum atomic E-state index is -0.391. The van der Waals surface area contributed by atoms with Gasteiger partial charge in [0.2, 0.25) is 5.88 Å². The Morgan fingerprint density at radius 3 is 2.69 bits per heavy atom. The predicted octanol–water partition coefficient (Wildman–Crippen LogP) is 2.38. The van der Waals surface area contributed by atoms with Crippen LogP contribution in [-0.4, -0.2) is 12.3 Å². The maximum absolute atomic E-state index is 13.3. The zero-order valence-corrected chi connectivity index (χ0v) is 8.95. The fourth-order valence-electron chi connectivity index (χ4n) is 1.60. The molecule has 2 N–H and O–H groups in total. The lowest BCUT2D eigenvalue weighted by Gasteiger charge is -2.09. The normalized spacial score (nSPS) is 10.4. The first kappa shape index (κ1) is 10.5. The maximum atomic E-state index is 13.3. The Hall–Kier alpha value is -2.04. The number of hydrogen-bond donors (Lipinski definition) is 1. The maximum Gasteiger partial charge on any atom is 0.229 e. The fraction of sp³-hybridized carbons (Fsp3) is 0.182. The Labute approximate surface area is 91.8 Å². The third-order valence-electron chi connectivity index (χ3n) is 2.43. The number of anilines is 1. The number of benzene rings is 1. The summed E-state index contributed by atoms with van der Waals surface area (Å²) in [6.07, 6.45) is 1.45. The molecule has 16 heavy (non-hydrogen) atoms. The van der Waals surface area contributed by atoms with Gasteiger partial charge in [-0.2, -0.15) is 0 Å². The van der Waals surface area contributed by atoms with E-state index in [0.717, 1.165) is 5.56 Å². The standard InChI is InChI=1S/C11H11FN2O2/c1-6-8(9-5-14-16-11(9)13)3-7(12)4-10(6)15-2/h3-5H,13H2,1-2H3. The molecular formula is C11H11FN2O2. The molecule has 0 fully saturated rings. The lowest BCUT2D eigenvalue weighted by Crippen LogP contribution is -1.93. The van der Waals surface area contributed by atoms with E-state index < -0.39 is 5.82 Å². The van der Waals surface area contributed by atoms with Gasteiger partial charge in [-0.15, -0.1) is 0 Å². The summed E-state index contributed by atoms with van der Waals surface area (Å²) in [6.45, 7) is 1.82. The van der Waals surface area contributed by atoms with Gasteiger partial charge >= 0.3 is 0 Å². The minimum absolute atomic E-state index is 0.163. The molecule has 0 atom stereocenters. The van der Waals surface area contributed by atoms with Crippen molar-refractivity contribution < 1.29 is 13.7 Å². The number of methoxy groups -OCH3 is 1. The topological polar surface area (TPSA) is 61.3 Å². The van der Waals surface area contributed by atoms with Crippen LogP contribution in [0.25, 0.3) is 11.1 Å². The number of ether oxygens (including phenoxy) is 1. The summed E-state index contributed by atoms with van der Waals surface area (Å²) >= 11 is 0. The van der Waals surface area contributed by atoms with E-state index in [0.29, 0.717) is 16.9 Å². The largest absolute Gasteiger partial charge is 0.496 e. The molecule has 1 aromatic carbocycles. The third kappa shape index (κ3) is 1.60. The van der Waals surface area contributed by atoms with Crippen molar-refractivity contribution in [1.29, 1.82) is 0 Å². The average Bonchev–Trinajstić information content (AvgIpc) is 2.67. The molecule has 2 rings (SSSR count). The van der Waals surface area contributed by atoms with E-state index in [1.54, 1.807) is 0 Å². The molecule has 0 radical (unpaired) electrons. The summed E-state index contributed by atoms with van der Waals surface area (Å²) < 4.78 is 23.2. The Kier molecular flexibility index (Phi) is 2.52. The van der Waals surface area contributed by atoms with E-state index in [1.165, 1.54) is 25.4 Å². The van der Waals surface area contributed by atoms with Gasteiger partial charge < -0.3 is 15.0 Å². The van der Waals surface area contributed by atoms with Crippen LogP contribution in [0.5, 0.6) is 5.75 Å². The summed E-state index contributed by atoms with van der Waals surface area (Å²) in [5, 5.41) is 3.56. The number of rotatable bonds is 2. The SMILES string of the molecule is COc1cc(F)cc(-c2cnoc2N)c1C. The third-order valence-corrected chi connectivity index (χ3v) is 2.43. The summed E-state index contributed by atoms with van der Waals surface area (Å²) in [4.78, 5) is 0. The molecule has 2 aromatic rings. The lowest BCUT2D eigenvalue weighted by molar-refractivity contribution is 0.408. The second-order valence-corrected chi connectivity index (χ2v) is 3.38. The van der Waals surface area contributed by atoms with Crippen molar-refractivity contribution >= 4 is 5.88 Å². The van der Waals surface area contributed by atoms with Crippen molar-refractivity contribution in [2.75, 3.05) is 12.8 Å². The first-order valence-electron chi connectivity index (χ1n) is 4.68. The number of nitrogen functional groups attached to an aromatic ring is 1. The summed E-state index contributed by atoms with van der Waals surface area (Å²) in [6, 6.07) is 2.70. The van der Waals surface area contributed by atoms with Gasteiger partial charge in [-0.25, -0.2) is 4.39 Å². The number of nitrogens with zero attached hydrogens (tertiary/aromatic N) is 1. The minimum Gasteiger partial charge on any atom is -0.496 e. The van der Waals surface area contributed by atoms with Gasteiger partial charge in [0.15, 0.2) is 0 Å². The molecule has 0 saturated heterocycles. The molecule has 1 heterocycles. The van der Waals surface area contributed by atoms with Gasteiger partial charge in [-0.05, 0) is 24.1 Å². The van der Waals surface area contributed by atoms with Crippen molar-refractivity contribution in [3.63, 3.8) is 0 Å². The quantitative estimate of drug-likeness (QED) is 0.847. The smallest absolute Gasteiger partial charge is 0.229 e. The first-order chi connectivity index (χ1) is 7.63. The highest BCUT2D eigenvalue weighted by atomic mass is 19.1. The monoisotopic (exact) mass is 222 g/mol. The van der Waals surface area contributed by atoms with E-state index in [9.17, 15) is 4.39 Å². The number of nitrogens with two attached hydrogens (primary N) is 1. The van der Waals surface area contributed by atoms with E-state index in [4.69, 9.17) is 15.0 Å². The second-order valence-electron chi connectivity index (χ2n) is 3.38. The average molecular weight is 222 g/mol. The molecule has 0 bridgehead atoms. The van der Waals surface area contributed by atoms with Gasteiger partial charge in [-0.3, -0.25) is 0 Å². The molecular weight excluding hydrogens is 211 g/mol. The van der Waals surface area contributed by atoms with Gasteiger partial charge in [0, 0.05) is 6.07 Å². The van der Waals surface area contributed by atoms with E-state index >= 15 is 0 Å². The molecule has 5 heteroatoms. The van der Waals surface area contributed by atoms with Crippen molar-refractivity contribution in [3.05, 3.63) is 29.7 Å². The molecule has 84 valence electrons. The Bertz CT molecular complexity index is 523. The zero-order valence-electron chi connectivity index (χ0n) is 8.95. The lowest BCUT2D eigenvalue weighted by atomic mass is 10.0. The fourth-order valence-corrected chi connectivity index (χ4v) is 1.60. The van der Waals surface area contributed by atoms with Crippen LogP contribution < -0.4 is 10.5 Å². The van der Waals surface area contributed by atoms with Gasteiger partial charge in [0.25, 0.3) is 0 Å². The summed E-state index contributed by atoms with van der Waals surface area (Å²) in [5.41, 5.74) is 7.57. The molecule has 0 spiro atoms. The van der Waals surface area contributed by atoms with Crippen LogP contribution in [0.4, 0.5) is 10.3 Å². The molecule has 0 aliphatic rings. The summed E-state index contributed by atoms with van der Waals surface area (Å²) in [7, 11) is 1.49.